The Morgan fingerprint density at radius 2 is 1.95 bits per heavy atom. The van der Waals surface area contributed by atoms with Gasteiger partial charge in [-0.15, -0.1) is 0 Å². The maximum atomic E-state index is 12.1. The molecule has 0 saturated carbocycles. The summed E-state index contributed by atoms with van der Waals surface area (Å²) in [5, 5.41) is 9.08. The molecule has 0 bridgehead atoms. The third-order valence-corrected chi connectivity index (χ3v) is 4.37. The molecule has 2 rings (SSSR count). The Bertz CT molecular complexity index is 771. The lowest BCUT2D eigenvalue weighted by atomic mass is 10.2. The average molecular weight is 322 g/mol. The molecule has 1 heterocycles. The molecule has 0 aliphatic rings. The number of anilines is 1. The van der Waals surface area contributed by atoms with Gasteiger partial charge in [0.2, 0.25) is 10.0 Å². The summed E-state index contributed by atoms with van der Waals surface area (Å²) in [5.41, 5.74) is 1.43. The molecule has 0 radical (unpaired) electrons. The van der Waals surface area contributed by atoms with E-state index in [-0.39, 0.29) is 16.5 Å². The number of pyridine rings is 1. The minimum atomic E-state index is -3.54. The summed E-state index contributed by atoms with van der Waals surface area (Å²) >= 11 is 5.93. The molecule has 0 aliphatic heterocycles. The first-order valence-corrected chi connectivity index (χ1v) is 8.12. The lowest BCUT2D eigenvalue weighted by Gasteiger charge is -2.09. The van der Waals surface area contributed by atoms with Crippen molar-refractivity contribution < 1.29 is 8.42 Å². The highest BCUT2D eigenvalue weighted by atomic mass is 35.5. The fourth-order valence-electron chi connectivity index (χ4n) is 1.69. The van der Waals surface area contributed by atoms with Crippen LogP contribution in [0.1, 0.15) is 11.1 Å². The molecule has 0 atom stereocenters. The van der Waals surface area contributed by atoms with Crippen LogP contribution in [-0.4, -0.2) is 19.2 Å². The second-order valence-electron chi connectivity index (χ2n) is 4.33. The van der Waals surface area contributed by atoms with Gasteiger partial charge in [-0.05, 0) is 42.3 Å². The van der Waals surface area contributed by atoms with Crippen LogP contribution in [0.25, 0.3) is 0 Å². The molecule has 0 fully saturated rings. The van der Waals surface area contributed by atoms with Gasteiger partial charge in [0.25, 0.3) is 0 Å². The second-order valence-corrected chi connectivity index (χ2v) is 6.58. The molecule has 0 amide bonds. The van der Waals surface area contributed by atoms with Crippen molar-refractivity contribution >= 4 is 27.3 Å². The second kappa shape index (κ2) is 6.57. The number of rotatable bonds is 5. The lowest BCUT2D eigenvalue weighted by molar-refractivity contribution is 0.600. The third kappa shape index (κ3) is 4.45. The number of benzene rings is 1. The van der Waals surface area contributed by atoms with Gasteiger partial charge >= 0.3 is 0 Å². The maximum absolute atomic E-state index is 12.1. The normalized spacial score (nSPS) is 10.9. The van der Waals surface area contributed by atoms with E-state index in [9.17, 15) is 8.42 Å². The van der Waals surface area contributed by atoms with E-state index in [1.54, 1.807) is 24.5 Å². The Labute approximate surface area is 128 Å². The number of hydrogen-bond acceptors (Lipinski definition) is 4. The summed E-state index contributed by atoms with van der Waals surface area (Å²) in [6.07, 6.45) is 3.60. The Hall–Kier alpha value is -2.10. The minimum Gasteiger partial charge on any atom is -0.282 e. The van der Waals surface area contributed by atoms with E-state index in [4.69, 9.17) is 16.9 Å². The summed E-state index contributed by atoms with van der Waals surface area (Å²) in [5.74, 6) is -0.0792. The van der Waals surface area contributed by atoms with Crippen LogP contribution in [0.4, 0.5) is 5.69 Å². The van der Waals surface area contributed by atoms with Gasteiger partial charge in [0.15, 0.2) is 0 Å². The number of sulfonamides is 1. The highest BCUT2D eigenvalue weighted by Crippen LogP contribution is 2.24. The first-order valence-electron chi connectivity index (χ1n) is 6.09. The van der Waals surface area contributed by atoms with Crippen LogP contribution in [0.2, 0.25) is 5.02 Å². The van der Waals surface area contributed by atoms with Gasteiger partial charge in [-0.1, -0.05) is 11.6 Å². The number of halogens is 1. The zero-order valence-corrected chi connectivity index (χ0v) is 12.5. The number of hydrogen-bond donors (Lipinski definition) is 1. The molecule has 1 N–H and O–H groups in total. The van der Waals surface area contributed by atoms with Crippen molar-refractivity contribution in [1.82, 2.24) is 4.98 Å². The van der Waals surface area contributed by atoms with Crippen molar-refractivity contribution in [3.63, 3.8) is 0 Å². The van der Waals surface area contributed by atoms with Crippen LogP contribution < -0.4 is 4.72 Å². The van der Waals surface area contributed by atoms with E-state index < -0.39 is 10.0 Å². The summed E-state index contributed by atoms with van der Waals surface area (Å²) in [7, 11) is -3.54. The van der Waals surface area contributed by atoms with Gasteiger partial charge in [-0.2, -0.15) is 5.26 Å². The van der Waals surface area contributed by atoms with E-state index >= 15 is 0 Å². The van der Waals surface area contributed by atoms with Crippen LogP contribution in [0, 0.1) is 11.3 Å². The number of nitrogens with zero attached hydrogens (tertiary/aromatic N) is 2. The smallest absolute Gasteiger partial charge is 0.233 e. The molecule has 2 aromatic rings. The van der Waals surface area contributed by atoms with Crippen LogP contribution in [-0.2, 0) is 16.4 Å². The SMILES string of the molecule is N#Cc1ccc(Cl)c(NS(=O)(=O)CCc2ccncc2)c1. The van der Waals surface area contributed by atoms with Crippen molar-refractivity contribution in [2.24, 2.45) is 0 Å². The van der Waals surface area contributed by atoms with Crippen LogP contribution in [0.15, 0.2) is 42.7 Å². The fraction of sp³-hybridized carbons (Fsp3) is 0.143. The molecule has 108 valence electrons. The molecule has 21 heavy (non-hydrogen) atoms. The standard InChI is InChI=1S/C14H12ClN3O2S/c15-13-2-1-12(10-16)9-14(13)18-21(19,20)8-5-11-3-6-17-7-4-11/h1-4,6-7,9,18H,5,8H2. The predicted molar refractivity (Wildman–Crippen MR) is 81.5 cm³/mol. The molecular weight excluding hydrogens is 310 g/mol. The molecule has 1 aromatic heterocycles. The highest BCUT2D eigenvalue weighted by molar-refractivity contribution is 7.92. The van der Waals surface area contributed by atoms with Crippen molar-refractivity contribution in [3.05, 3.63) is 58.9 Å². The van der Waals surface area contributed by atoms with Crippen LogP contribution >= 0.6 is 11.6 Å². The number of aromatic nitrogens is 1. The summed E-state index contributed by atoms with van der Waals surface area (Å²) in [4.78, 5) is 3.88. The Morgan fingerprint density at radius 3 is 2.62 bits per heavy atom. The zero-order valence-electron chi connectivity index (χ0n) is 11.0. The van der Waals surface area contributed by atoms with Gasteiger partial charge < -0.3 is 0 Å². The van der Waals surface area contributed by atoms with Crippen LogP contribution in [0.5, 0.6) is 0 Å². The molecule has 1 aromatic carbocycles. The minimum absolute atomic E-state index is 0.0792. The number of nitriles is 1. The molecule has 5 nitrogen and oxygen atoms in total. The van der Waals surface area contributed by atoms with Crippen molar-refractivity contribution in [2.75, 3.05) is 10.5 Å². The Morgan fingerprint density at radius 1 is 1.24 bits per heavy atom. The average Bonchev–Trinajstić information content (AvgIpc) is 2.48. The zero-order chi connectivity index (χ0) is 15.3. The van der Waals surface area contributed by atoms with Gasteiger partial charge in [-0.3, -0.25) is 9.71 Å². The van der Waals surface area contributed by atoms with E-state index in [2.05, 4.69) is 9.71 Å². The van der Waals surface area contributed by atoms with Crippen molar-refractivity contribution in [3.8, 4) is 6.07 Å². The quantitative estimate of drug-likeness (QED) is 0.917. The lowest BCUT2D eigenvalue weighted by Crippen LogP contribution is -2.18. The Kier molecular flexibility index (Phi) is 4.78. The molecule has 0 unspecified atom stereocenters. The highest BCUT2D eigenvalue weighted by Gasteiger charge is 2.13. The van der Waals surface area contributed by atoms with E-state index in [0.29, 0.717) is 12.0 Å². The van der Waals surface area contributed by atoms with Gasteiger partial charge in [0, 0.05) is 12.4 Å². The maximum Gasteiger partial charge on any atom is 0.233 e. The first kappa shape index (κ1) is 15.3. The van der Waals surface area contributed by atoms with Gasteiger partial charge in [0.1, 0.15) is 0 Å². The van der Waals surface area contributed by atoms with E-state index in [1.165, 1.54) is 18.2 Å². The number of aryl methyl sites for hydroxylation is 1. The predicted octanol–water partition coefficient (Wildman–Crippen LogP) is 2.59. The Balaban J connectivity index is 2.09. The van der Waals surface area contributed by atoms with E-state index in [0.717, 1.165) is 5.56 Å². The summed E-state index contributed by atoms with van der Waals surface area (Å²) in [6.45, 7) is 0. The summed E-state index contributed by atoms with van der Waals surface area (Å²) in [6, 6.07) is 9.88. The van der Waals surface area contributed by atoms with Gasteiger partial charge in [-0.25, -0.2) is 8.42 Å². The van der Waals surface area contributed by atoms with Crippen LogP contribution in [0.3, 0.4) is 0 Å². The third-order valence-electron chi connectivity index (χ3n) is 2.77. The first-order chi connectivity index (χ1) is 10.00. The molecular formula is C14H12ClN3O2S. The molecule has 0 spiro atoms. The molecule has 7 heteroatoms. The molecule has 0 saturated heterocycles. The van der Waals surface area contributed by atoms with Crippen molar-refractivity contribution in [2.45, 2.75) is 6.42 Å². The monoisotopic (exact) mass is 321 g/mol. The van der Waals surface area contributed by atoms with Gasteiger partial charge in [0.05, 0.1) is 28.1 Å². The number of nitrogens with one attached hydrogen (secondary N) is 1. The van der Waals surface area contributed by atoms with Crippen molar-refractivity contribution in [1.29, 1.82) is 5.26 Å². The largest absolute Gasteiger partial charge is 0.282 e. The van der Waals surface area contributed by atoms with E-state index in [1.807, 2.05) is 6.07 Å². The fourth-order valence-corrected chi connectivity index (χ4v) is 3.02. The topological polar surface area (TPSA) is 82.9 Å². The molecule has 0 aliphatic carbocycles. The summed E-state index contributed by atoms with van der Waals surface area (Å²) < 4.78 is 26.5.